The first-order valence-corrected chi connectivity index (χ1v) is 7.70. The predicted molar refractivity (Wildman–Crippen MR) is 68.5 cm³/mol. The topological polar surface area (TPSA) is 90.7 Å². The maximum Gasteiger partial charge on any atom is 0.241 e. The highest BCUT2D eigenvalue weighted by atomic mass is 32.2. The largest absolute Gasteiger partial charge is 0.454 e. The van der Waals surface area contributed by atoms with E-state index in [2.05, 4.69) is 4.72 Å². The zero-order valence-electron chi connectivity index (χ0n) is 10.3. The lowest BCUT2D eigenvalue weighted by molar-refractivity contribution is 0.174. The highest BCUT2D eigenvalue weighted by Crippen LogP contribution is 2.35. The SMILES string of the molecule is NCC(NS(=O)(=O)c1ccc2c(c1)OCO2)C1CC1. The molecule has 1 heterocycles. The molecule has 6 nitrogen and oxygen atoms in total. The predicted octanol–water partition coefficient (Wildman–Crippen LogP) is 0.431. The molecule has 0 radical (unpaired) electrons. The summed E-state index contributed by atoms with van der Waals surface area (Å²) in [4.78, 5) is 0.177. The summed E-state index contributed by atoms with van der Waals surface area (Å²) in [6, 6.07) is 4.41. The van der Waals surface area contributed by atoms with E-state index < -0.39 is 10.0 Å². The summed E-state index contributed by atoms with van der Waals surface area (Å²) in [5, 5.41) is 0. The molecule has 3 rings (SSSR count). The molecule has 1 aliphatic heterocycles. The summed E-state index contributed by atoms with van der Waals surface area (Å²) >= 11 is 0. The molecule has 2 aliphatic rings. The molecule has 3 N–H and O–H groups in total. The molecule has 104 valence electrons. The van der Waals surface area contributed by atoms with Gasteiger partial charge in [-0.15, -0.1) is 0 Å². The molecule has 1 aliphatic carbocycles. The Bertz CT molecular complexity index is 583. The van der Waals surface area contributed by atoms with E-state index in [4.69, 9.17) is 15.2 Å². The normalized spacial score (nSPS) is 19.4. The van der Waals surface area contributed by atoms with Crippen LogP contribution in [0.15, 0.2) is 23.1 Å². The Morgan fingerprint density at radius 1 is 1.32 bits per heavy atom. The van der Waals surface area contributed by atoms with Gasteiger partial charge in [0.05, 0.1) is 4.90 Å². The van der Waals surface area contributed by atoms with E-state index in [0.717, 1.165) is 12.8 Å². The number of rotatable bonds is 5. The molecule has 0 aromatic heterocycles. The Hall–Kier alpha value is -1.31. The number of fused-ring (bicyclic) bond motifs is 1. The monoisotopic (exact) mass is 284 g/mol. The highest BCUT2D eigenvalue weighted by molar-refractivity contribution is 7.89. The molecule has 0 bridgehead atoms. The molecule has 1 atom stereocenters. The first kappa shape index (κ1) is 12.7. The van der Waals surface area contributed by atoms with Crippen LogP contribution in [0.4, 0.5) is 0 Å². The molecule has 0 amide bonds. The summed E-state index contributed by atoms with van der Waals surface area (Å²) in [5.41, 5.74) is 5.62. The maximum absolute atomic E-state index is 12.3. The average Bonchev–Trinajstić information content (AvgIpc) is 3.13. The molecule has 1 aromatic rings. The van der Waals surface area contributed by atoms with Crippen LogP contribution in [-0.4, -0.2) is 27.8 Å². The van der Waals surface area contributed by atoms with Crippen LogP contribution < -0.4 is 19.9 Å². The molecular formula is C12H16N2O4S. The highest BCUT2D eigenvalue weighted by Gasteiger charge is 2.33. The van der Waals surface area contributed by atoms with Gasteiger partial charge >= 0.3 is 0 Å². The molecule has 0 saturated heterocycles. The maximum atomic E-state index is 12.3. The number of benzene rings is 1. The third-order valence-corrected chi connectivity index (χ3v) is 4.89. The minimum Gasteiger partial charge on any atom is -0.454 e. The van der Waals surface area contributed by atoms with Crippen molar-refractivity contribution in [1.82, 2.24) is 4.72 Å². The van der Waals surface area contributed by atoms with Crippen LogP contribution in [0.2, 0.25) is 0 Å². The van der Waals surface area contributed by atoms with Crippen LogP contribution in [0.1, 0.15) is 12.8 Å². The fourth-order valence-corrected chi connectivity index (χ4v) is 3.48. The smallest absolute Gasteiger partial charge is 0.241 e. The van der Waals surface area contributed by atoms with Crippen molar-refractivity contribution in [3.8, 4) is 11.5 Å². The molecule has 1 fully saturated rings. The zero-order chi connectivity index (χ0) is 13.5. The number of ether oxygens (including phenoxy) is 2. The third-order valence-electron chi connectivity index (χ3n) is 3.41. The van der Waals surface area contributed by atoms with E-state index in [-0.39, 0.29) is 17.7 Å². The lowest BCUT2D eigenvalue weighted by Gasteiger charge is -2.16. The molecule has 0 spiro atoms. The van der Waals surface area contributed by atoms with Crippen molar-refractivity contribution in [3.05, 3.63) is 18.2 Å². The van der Waals surface area contributed by atoms with E-state index in [1.807, 2.05) is 0 Å². The van der Waals surface area contributed by atoms with Gasteiger partial charge in [-0.05, 0) is 30.9 Å². The van der Waals surface area contributed by atoms with Crippen molar-refractivity contribution in [3.63, 3.8) is 0 Å². The van der Waals surface area contributed by atoms with Crippen LogP contribution in [0.5, 0.6) is 11.5 Å². The summed E-state index contributed by atoms with van der Waals surface area (Å²) in [7, 11) is -3.56. The number of nitrogens with two attached hydrogens (primary N) is 1. The summed E-state index contributed by atoms with van der Waals surface area (Å²) in [5.74, 6) is 1.39. The second-order valence-electron chi connectivity index (χ2n) is 4.82. The molecular weight excluding hydrogens is 268 g/mol. The van der Waals surface area contributed by atoms with E-state index in [9.17, 15) is 8.42 Å². The lowest BCUT2D eigenvalue weighted by Crippen LogP contribution is -2.41. The standard InChI is InChI=1S/C12H16N2O4S/c13-6-10(8-1-2-8)14-19(15,16)9-3-4-11-12(5-9)18-7-17-11/h3-5,8,10,14H,1-2,6-7,13H2. The zero-order valence-corrected chi connectivity index (χ0v) is 11.2. The van der Waals surface area contributed by atoms with E-state index >= 15 is 0 Å². The Labute approximate surface area is 111 Å². The molecule has 19 heavy (non-hydrogen) atoms. The molecule has 1 aromatic carbocycles. The average molecular weight is 284 g/mol. The van der Waals surface area contributed by atoms with Gasteiger partial charge < -0.3 is 15.2 Å². The van der Waals surface area contributed by atoms with Gasteiger partial charge in [0.1, 0.15) is 0 Å². The minimum absolute atomic E-state index is 0.125. The third kappa shape index (κ3) is 2.54. The Kier molecular flexibility index (Phi) is 3.12. The molecule has 1 saturated carbocycles. The van der Waals surface area contributed by atoms with Crippen molar-refractivity contribution in [2.45, 2.75) is 23.8 Å². The molecule has 7 heteroatoms. The van der Waals surface area contributed by atoms with Crippen LogP contribution in [-0.2, 0) is 10.0 Å². The summed E-state index contributed by atoms with van der Waals surface area (Å²) in [6.45, 7) is 0.439. The first-order valence-electron chi connectivity index (χ1n) is 6.22. The second-order valence-corrected chi connectivity index (χ2v) is 6.53. The van der Waals surface area contributed by atoms with Gasteiger partial charge in [-0.3, -0.25) is 0 Å². The van der Waals surface area contributed by atoms with E-state index in [1.54, 1.807) is 6.07 Å². The fraction of sp³-hybridized carbons (Fsp3) is 0.500. The van der Waals surface area contributed by atoms with Gasteiger partial charge in [-0.2, -0.15) is 0 Å². The van der Waals surface area contributed by atoms with Gasteiger partial charge in [0.25, 0.3) is 0 Å². The summed E-state index contributed by atoms with van der Waals surface area (Å²) in [6.07, 6.45) is 2.07. The van der Waals surface area contributed by atoms with Crippen molar-refractivity contribution in [2.24, 2.45) is 11.7 Å². The van der Waals surface area contributed by atoms with Crippen LogP contribution in [0, 0.1) is 5.92 Å². The summed E-state index contributed by atoms with van der Waals surface area (Å²) < 4.78 is 37.5. The quantitative estimate of drug-likeness (QED) is 0.818. The van der Waals surface area contributed by atoms with E-state index in [1.165, 1.54) is 12.1 Å². The Morgan fingerprint density at radius 3 is 2.74 bits per heavy atom. The van der Waals surface area contributed by atoms with Gasteiger partial charge in [-0.25, -0.2) is 13.1 Å². The first-order chi connectivity index (χ1) is 9.10. The van der Waals surface area contributed by atoms with Crippen molar-refractivity contribution < 1.29 is 17.9 Å². The van der Waals surface area contributed by atoms with Crippen LogP contribution in [0.3, 0.4) is 0 Å². The van der Waals surface area contributed by atoms with Crippen molar-refractivity contribution in [2.75, 3.05) is 13.3 Å². The fourth-order valence-electron chi connectivity index (χ4n) is 2.15. The van der Waals surface area contributed by atoms with Crippen LogP contribution >= 0.6 is 0 Å². The van der Waals surface area contributed by atoms with Gasteiger partial charge in [-0.1, -0.05) is 0 Å². The van der Waals surface area contributed by atoms with E-state index in [0.29, 0.717) is 24.0 Å². The Morgan fingerprint density at radius 2 is 2.05 bits per heavy atom. The van der Waals surface area contributed by atoms with Gasteiger partial charge in [0, 0.05) is 18.7 Å². The van der Waals surface area contributed by atoms with Gasteiger partial charge in [0.15, 0.2) is 11.5 Å². The minimum atomic E-state index is -3.56. The molecule has 1 unspecified atom stereocenters. The van der Waals surface area contributed by atoms with Crippen molar-refractivity contribution in [1.29, 1.82) is 0 Å². The second kappa shape index (κ2) is 4.66. The van der Waals surface area contributed by atoms with Crippen molar-refractivity contribution >= 4 is 10.0 Å². The Balaban J connectivity index is 1.83. The van der Waals surface area contributed by atoms with Gasteiger partial charge in [0.2, 0.25) is 16.8 Å². The lowest BCUT2D eigenvalue weighted by atomic mass is 10.2. The number of hydrogen-bond acceptors (Lipinski definition) is 5. The number of hydrogen-bond donors (Lipinski definition) is 2. The number of nitrogens with one attached hydrogen (secondary N) is 1. The number of sulfonamides is 1. The van der Waals surface area contributed by atoms with Crippen LogP contribution in [0.25, 0.3) is 0 Å².